The number of hydrogen-bond acceptors (Lipinski definition) is 7. The van der Waals surface area contributed by atoms with Crippen molar-refractivity contribution in [3.05, 3.63) is 58.6 Å². The van der Waals surface area contributed by atoms with Crippen LogP contribution in [0.4, 0.5) is 11.6 Å². The van der Waals surface area contributed by atoms with Crippen molar-refractivity contribution in [3.63, 3.8) is 0 Å². The van der Waals surface area contributed by atoms with Crippen molar-refractivity contribution in [2.75, 3.05) is 11.1 Å². The summed E-state index contributed by atoms with van der Waals surface area (Å²) < 4.78 is 1.66. The summed E-state index contributed by atoms with van der Waals surface area (Å²) in [7, 11) is 0. The van der Waals surface area contributed by atoms with Gasteiger partial charge >= 0.3 is 0 Å². The molecule has 9 nitrogen and oxygen atoms in total. The fourth-order valence-electron chi connectivity index (χ4n) is 4.09. The van der Waals surface area contributed by atoms with E-state index in [0.29, 0.717) is 33.6 Å². The summed E-state index contributed by atoms with van der Waals surface area (Å²) in [6.45, 7) is 3.93. The van der Waals surface area contributed by atoms with Gasteiger partial charge in [0.15, 0.2) is 11.5 Å². The van der Waals surface area contributed by atoms with Gasteiger partial charge in [0, 0.05) is 5.02 Å². The molecule has 0 saturated carbocycles. The molecule has 1 unspecified atom stereocenters. The number of anilines is 2. The quantitative estimate of drug-likeness (QED) is 0.479. The zero-order chi connectivity index (χ0) is 22.5. The molecule has 1 aliphatic heterocycles. The van der Waals surface area contributed by atoms with E-state index in [4.69, 9.17) is 22.3 Å². The van der Waals surface area contributed by atoms with Crippen molar-refractivity contribution in [1.82, 2.24) is 29.5 Å². The second-order valence-corrected chi connectivity index (χ2v) is 8.38. The second kappa shape index (κ2) is 7.52. The minimum absolute atomic E-state index is 0.219. The van der Waals surface area contributed by atoms with E-state index < -0.39 is 5.41 Å². The number of hydrogen-bond donors (Lipinski definition) is 2. The molecule has 0 radical (unpaired) electrons. The number of fused-ring (bicyclic) bond motifs is 2. The van der Waals surface area contributed by atoms with Gasteiger partial charge in [0.25, 0.3) is 0 Å². The van der Waals surface area contributed by atoms with Crippen LogP contribution in [0.2, 0.25) is 5.02 Å². The Balaban J connectivity index is 1.63. The normalized spacial score (nSPS) is 17.5. The van der Waals surface area contributed by atoms with Crippen LogP contribution in [0, 0.1) is 0 Å². The van der Waals surface area contributed by atoms with Crippen LogP contribution in [0.15, 0.2) is 36.8 Å². The number of aryl methyl sites for hydroxylation is 1. The average Bonchev–Trinajstić information content (AvgIpc) is 3.35. The number of carbonyl (C=O) groups is 1. The molecule has 1 atom stereocenters. The largest absolute Gasteiger partial charge is 0.383 e. The Bertz CT molecular complexity index is 1350. The number of rotatable bonds is 5. The van der Waals surface area contributed by atoms with Crippen LogP contribution in [0.1, 0.15) is 43.5 Å². The molecule has 10 heteroatoms. The third-order valence-corrected chi connectivity index (χ3v) is 6.12. The summed E-state index contributed by atoms with van der Waals surface area (Å²) in [5.41, 5.74) is 8.70. The van der Waals surface area contributed by atoms with Crippen LogP contribution < -0.4 is 11.1 Å². The Morgan fingerprint density at radius 1 is 1.19 bits per heavy atom. The van der Waals surface area contributed by atoms with Crippen molar-refractivity contribution >= 4 is 34.8 Å². The molecule has 32 heavy (non-hydrogen) atoms. The number of nitrogens with two attached hydrogens (primary N) is 1. The maximum absolute atomic E-state index is 13.0. The predicted molar refractivity (Wildman–Crippen MR) is 121 cm³/mol. The van der Waals surface area contributed by atoms with Gasteiger partial charge in [-0.05, 0) is 37.5 Å². The predicted octanol–water partition coefficient (Wildman–Crippen LogP) is 3.42. The minimum atomic E-state index is -1.03. The third kappa shape index (κ3) is 3.08. The lowest BCUT2D eigenvalue weighted by atomic mass is 9.78. The molecule has 3 N–H and O–H groups in total. The second-order valence-electron chi connectivity index (χ2n) is 7.95. The lowest BCUT2D eigenvalue weighted by Crippen LogP contribution is -2.32. The van der Waals surface area contributed by atoms with Gasteiger partial charge in [0.1, 0.15) is 29.1 Å². The molecule has 3 aromatic heterocycles. The average molecular weight is 449 g/mol. The number of nitrogens with zero attached hydrogens (tertiary/aromatic N) is 6. The maximum atomic E-state index is 13.0. The molecule has 0 fully saturated rings. The molecule has 0 spiro atoms. The summed E-state index contributed by atoms with van der Waals surface area (Å²) >= 11 is 6.03. The summed E-state index contributed by atoms with van der Waals surface area (Å²) in [6.07, 6.45) is 5.98. The molecule has 4 aromatic rings. The van der Waals surface area contributed by atoms with Gasteiger partial charge in [-0.25, -0.2) is 24.5 Å². The van der Waals surface area contributed by atoms with E-state index in [9.17, 15) is 4.79 Å². The minimum Gasteiger partial charge on any atom is -0.383 e. The zero-order valence-electron chi connectivity index (χ0n) is 17.6. The van der Waals surface area contributed by atoms with Gasteiger partial charge in [-0.1, -0.05) is 37.1 Å². The fourth-order valence-corrected chi connectivity index (χ4v) is 4.22. The first-order valence-corrected chi connectivity index (χ1v) is 10.7. The highest BCUT2D eigenvalue weighted by molar-refractivity contribution is 6.30. The number of benzene rings is 1. The van der Waals surface area contributed by atoms with Crippen LogP contribution in [0.3, 0.4) is 0 Å². The lowest BCUT2D eigenvalue weighted by molar-refractivity contribution is -0.119. The molecular weight excluding hydrogens is 428 g/mol. The summed E-state index contributed by atoms with van der Waals surface area (Å²) in [5, 5.41) is 7.70. The highest BCUT2D eigenvalue weighted by Gasteiger charge is 2.47. The lowest BCUT2D eigenvalue weighted by Gasteiger charge is -2.23. The first-order valence-electron chi connectivity index (χ1n) is 10.4. The van der Waals surface area contributed by atoms with Gasteiger partial charge in [-0.3, -0.25) is 4.79 Å². The zero-order valence-corrected chi connectivity index (χ0v) is 18.4. The maximum Gasteiger partial charge on any atom is 0.240 e. The van der Waals surface area contributed by atoms with E-state index in [1.165, 1.54) is 6.33 Å². The van der Waals surface area contributed by atoms with E-state index in [1.807, 2.05) is 12.1 Å². The molecule has 1 amide bonds. The first kappa shape index (κ1) is 20.3. The van der Waals surface area contributed by atoms with Gasteiger partial charge in [-0.2, -0.15) is 5.10 Å². The molecule has 0 aliphatic carbocycles. The first-order chi connectivity index (χ1) is 15.4. The number of halogens is 1. The standard InChI is InChI=1S/C22H21ClN8O/c1-3-4-5-14-20-25-11-26-31(20)10-15(27-14)18-28-17(24)16-19(29-18)30-21(32)22(16,2)12-6-8-13(23)9-7-12/h6-11H,3-5H2,1-2H3,(H3,24,28,29,30,32). The topological polar surface area (TPSA) is 124 Å². The number of nitrogens with one attached hydrogen (secondary N) is 1. The van der Waals surface area contributed by atoms with Crippen LogP contribution >= 0.6 is 11.6 Å². The molecule has 4 heterocycles. The van der Waals surface area contributed by atoms with E-state index in [-0.39, 0.29) is 11.7 Å². The van der Waals surface area contributed by atoms with Gasteiger partial charge in [0.2, 0.25) is 5.91 Å². The van der Waals surface area contributed by atoms with Crippen LogP contribution in [-0.4, -0.2) is 35.5 Å². The smallest absolute Gasteiger partial charge is 0.240 e. The van der Waals surface area contributed by atoms with Gasteiger partial charge in [-0.15, -0.1) is 0 Å². The van der Waals surface area contributed by atoms with Crippen molar-refractivity contribution in [3.8, 4) is 11.5 Å². The Kier molecular flexibility index (Phi) is 4.78. The van der Waals surface area contributed by atoms with Crippen molar-refractivity contribution in [2.45, 2.75) is 38.5 Å². The van der Waals surface area contributed by atoms with Crippen LogP contribution in [-0.2, 0) is 16.6 Å². The third-order valence-electron chi connectivity index (χ3n) is 5.87. The van der Waals surface area contributed by atoms with Crippen molar-refractivity contribution in [2.24, 2.45) is 0 Å². The summed E-state index contributed by atoms with van der Waals surface area (Å²) in [5.74, 6) is 0.690. The van der Waals surface area contributed by atoms with Crippen molar-refractivity contribution < 1.29 is 4.79 Å². The summed E-state index contributed by atoms with van der Waals surface area (Å²) in [6, 6.07) is 7.11. The molecule has 1 aromatic carbocycles. The Morgan fingerprint density at radius 3 is 2.72 bits per heavy atom. The molecular formula is C22H21ClN8O. The SMILES string of the molecule is CCCCc1nc(-c2nc(N)c3c(n2)NC(=O)C3(C)c2ccc(Cl)cc2)cn2ncnc12. The highest BCUT2D eigenvalue weighted by atomic mass is 35.5. The number of amides is 1. The molecule has 1 aliphatic rings. The Labute approximate surface area is 189 Å². The number of unbranched alkanes of at least 4 members (excludes halogenated alkanes) is 1. The monoisotopic (exact) mass is 448 g/mol. The molecule has 5 rings (SSSR count). The van der Waals surface area contributed by atoms with Gasteiger partial charge in [0.05, 0.1) is 17.5 Å². The van der Waals surface area contributed by atoms with Crippen LogP contribution in [0.5, 0.6) is 0 Å². The molecule has 162 valence electrons. The fraction of sp³-hybridized carbons (Fsp3) is 0.273. The van der Waals surface area contributed by atoms with E-state index in [2.05, 4.69) is 32.3 Å². The van der Waals surface area contributed by atoms with E-state index in [0.717, 1.165) is 30.5 Å². The van der Waals surface area contributed by atoms with E-state index >= 15 is 0 Å². The van der Waals surface area contributed by atoms with Crippen molar-refractivity contribution in [1.29, 1.82) is 0 Å². The Morgan fingerprint density at radius 2 is 1.97 bits per heavy atom. The van der Waals surface area contributed by atoms with Gasteiger partial charge < -0.3 is 11.1 Å². The molecule has 0 bridgehead atoms. The molecule has 0 saturated heterocycles. The highest BCUT2D eigenvalue weighted by Crippen LogP contribution is 2.45. The summed E-state index contributed by atoms with van der Waals surface area (Å²) in [4.78, 5) is 31.2. The van der Waals surface area contributed by atoms with E-state index in [1.54, 1.807) is 29.8 Å². The van der Waals surface area contributed by atoms with Crippen LogP contribution in [0.25, 0.3) is 17.2 Å². The number of carbonyl (C=O) groups excluding carboxylic acids is 1. The Hall–Kier alpha value is -3.59. The number of aromatic nitrogens is 6. The number of nitrogen functional groups attached to an aromatic ring is 1.